The highest BCUT2D eigenvalue weighted by Crippen LogP contribution is 2.12. The Morgan fingerprint density at radius 3 is 2.71 bits per heavy atom. The van der Waals surface area contributed by atoms with E-state index in [1.165, 1.54) is 24.3 Å². The van der Waals surface area contributed by atoms with Crippen LogP contribution in [0.3, 0.4) is 0 Å². The van der Waals surface area contributed by atoms with Crippen molar-refractivity contribution in [3.8, 4) is 5.75 Å². The molecule has 0 amide bonds. The maximum Gasteiger partial charge on any atom is 0.338 e. The fourth-order valence-electron chi connectivity index (χ4n) is 1.30. The Bertz CT molecular complexity index is 516. The number of hydrogen-bond acceptors (Lipinski definition) is 5. The number of esters is 1. The van der Waals surface area contributed by atoms with Crippen LogP contribution in [0.15, 0.2) is 34.9 Å². The van der Waals surface area contributed by atoms with Gasteiger partial charge in [-0.1, -0.05) is 5.16 Å². The number of nitrogens with zero attached hydrogens (tertiary/aromatic N) is 1. The maximum absolute atomic E-state index is 11.6. The molecule has 0 spiro atoms. The van der Waals surface area contributed by atoms with E-state index in [4.69, 9.17) is 14.4 Å². The molecular formula is C12H11NO4. The summed E-state index contributed by atoms with van der Waals surface area (Å²) in [6, 6.07) is 7.53. The molecule has 2 aromatic rings. The number of phenolic OH excluding ortho intramolecular Hbond substituents is 1. The summed E-state index contributed by atoms with van der Waals surface area (Å²) in [6.07, 6.45) is 0. The second kappa shape index (κ2) is 4.69. The molecule has 0 aliphatic heterocycles. The van der Waals surface area contributed by atoms with Crippen molar-refractivity contribution >= 4 is 5.97 Å². The molecule has 1 aromatic carbocycles. The van der Waals surface area contributed by atoms with Crippen LogP contribution in [0.1, 0.15) is 21.8 Å². The van der Waals surface area contributed by atoms with Gasteiger partial charge in [0.1, 0.15) is 5.75 Å². The average Bonchev–Trinajstić information content (AvgIpc) is 2.73. The van der Waals surface area contributed by atoms with Crippen LogP contribution in [-0.2, 0) is 11.3 Å². The van der Waals surface area contributed by atoms with Crippen molar-refractivity contribution in [2.24, 2.45) is 0 Å². The Labute approximate surface area is 97.6 Å². The Hall–Kier alpha value is -2.30. The van der Waals surface area contributed by atoms with E-state index in [0.29, 0.717) is 11.3 Å². The van der Waals surface area contributed by atoms with Crippen molar-refractivity contribution in [2.45, 2.75) is 13.5 Å². The Morgan fingerprint density at radius 1 is 1.41 bits per heavy atom. The zero-order valence-electron chi connectivity index (χ0n) is 9.21. The van der Waals surface area contributed by atoms with Gasteiger partial charge in [0, 0.05) is 6.07 Å². The summed E-state index contributed by atoms with van der Waals surface area (Å²) in [5, 5.41) is 12.8. The lowest BCUT2D eigenvalue weighted by atomic mass is 10.2. The molecule has 0 fully saturated rings. The zero-order valence-corrected chi connectivity index (χ0v) is 9.21. The van der Waals surface area contributed by atoms with Gasteiger partial charge in [-0.15, -0.1) is 0 Å². The largest absolute Gasteiger partial charge is 0.508 e. The van der Waals surface area contributed by atoms with Crippen LogP contribution in [0.25, 0.3) is 0 Å². The van der Waals surface area contributed by atoms with Gasteiger partial charge in [-0.25, -0.2) is 4.79 Å². The van der Waals surface area contributed by atoms with Crippen LogP contribution < -0.4 is 0 Å². The van der Waals surface area contributed by atoms with Crippen molar-refractivity contribution in [3.05, 3.63) is 47.3 Å². The lowest BCUT2D eigenvalue weighted by Gasteiger charge is -2.02. The minimum atomic E-state index is -0.473. The number of rotatable bonds is 3. The van der Waals surface area contributed by atoms with Crippen LogP contribution >= 0.6 is 0 Å². The molecule has 1 heterocycles. The standard InChI is InChI=1S/C12H11NO4/c1-8-6-11(17-13-8)7-16-12(15)9-2-4-10(14)5-3-9/h2-6,14H,7H2,1H3. The van der Waals surface area contributed by atoms with Gasteiger partial charge in [0.15, 0.2) is 12.4 Å². The quantitative estimate of drug-likeness (QED) is 0.821. The second-order valence-corrected chi connectivity index (χ2v) is 3.56. The smallest absolute Gasteiger partial charge is 0.338 e. The zero-order chi connectivity index (χ0) is 12.3. The van der Waals surface area contributed by atoms with Gasteiger partial charge < -0.3 is 14.4 Å². The van der Waals surface area contributed by atoms with Crippen molar-refractivity contribution < 1.29 is 19.2 Å². The highest BCUT2D eigenvalue weighted by atomic mass is 16.5. The molecule has 0 saturated heterocycles. The Balaban J connectivity index is 1.95. The number of phenols is 1. The monoisotopic (exact) mass is 233 g/mol. The van der Waals surface area contributed by atoms with E-state index < -0.39 is 5.97 Å². The SMILES string of the molecule is Cc1cc(COC(=O)c2ccc(O)cc2)on1. The van der Waals surface area contributed by atoms with Crippen LogP contribution in [0.2, 0.25) is 0 Å². The maximum atomic E-state index is 11.6. The number of ether oxygens (including phenoxy) is 1. The molecule has 0 atom stereocenters. The summed E-state index contributed by atoms with van der Waals surface area (Å²) in [5.74, 6) is 0.126. The number of aromatic nitrogens is 1. The van der Waals surface area contributed by atoms with E-state index in [9.17, 15) is 4.79 Å². The molecule has 0 radical (unpaired) electrons. The van der Waals surface area contributed by atoms with E-state index in [1.807, 2.05) is 0 Å². The minimum absolute atomic E-state index is 0.0422. The predicted octanol–water partition coefficient (Wildman–Crippen LogP) is 2.05. The van der Waals surface area contributed by atoms with Gasteiger partial charge in [0.2, 0.25) is 0 Å². The first-order valence-electron chi connectivity index (χ1n) is 5.03. The van der Waals surface area contributed by atoms with Gasteiger partial charge >= 0.3 is 5.97 Å². The molecule has 2 rings (SSSR count). The summed E-state index contributed by atoms with van der Waals surface area (Å²) in [5.41, 5.74) is 1.11. The fourth-order valence-corrected chi connectivity index (χ4v) is 1.30. The number of benzene rings is 1. The molecule has 0 bridgehead atoms. The fraction of sp³-hybridized carbons (Fsp3) is 0.167. The molecule has 1 N–H and O–H groups in total. The molecule has 0 unspecified atom stereocenters. The summed E-state index contributed by atoms with van der Waals surface area (Å²) in [7, 11) is 0. The molecule has 5 nitrogen and oxygen atoms in total. The van der Waals surface area contributed by atoms with E-state index in [0.717, 1.165) is 5.69 Å². The van der Waals surface area contributed by atoms with Crippen molar-refractivity contribution in [3.63, 3.8) is 0 Å². The average molecular weight is 233 g/mol. The molecular weight excluding hydrogens is 222 g/mol. The molecule has 1 aromatic heterocycles. The minimum Gasteiger partial charge on any atom is -0.508 e. The van der Waals surface area contributed by atoms with E-state index >= 15 is 0 Å². The van der Waals surface area contributed by atoms with Crippen LogP contribution in [0.5, 0.6) is 5.75 Å². The van der Waals surface area contributed by atoms with E-state index in [2.05, 4.69) is 5.16 Å². The number of hydrogen-bond donors (Lipinski definition) is 1. The third-order valence-electron chi connectivity index (χ3n) is 2.13. The first-order valence-corrected chi connectivity index (χ1v) is 5.03. The molecule has 88 valence electrons. The number of carbonyl (C=O) groups excluding carboxylic acids is 1. The van der Waals surface area contributed by atoms with Crippen molar-refractivity contribution in [1.82, 2.24) is 5.16 Å². The topological polar surface area (TPSA) is 72.6 Å². The molecule has 17 heavy (non-hydrogen) atoms. The Morgan fingerprint density at radius 2 is 2.12 bits per heavy atom. The van der Waals surface area contributed by atoms with Gasteiger partial charge in [0.25, 0.3) is 0 Å². The lowest BCUT2D eigenvalue weighted by Crippen LogP contribution is -2.04. The van der Waals surface area contributed by atoms with Crippen LogP contribution in [0.4, 0.5) is 0 Å². The Kier molecular flexibility index (Phi) is 3.09. The number of aromatic hydroxyl groups is 1. The lowest BCUT2D eigenvalue weighted by molar-refractivity contribution is 0.0437. The van der Waals surface area contributed by atoms with Gasteiger partial charge in [-0.2, -0.15) is 0 Å². The van der Waals surface area contributed by atoms with Crippen molar-refractivity contribution in [2.75, 3.05) is 0 Å². The molecule has 0 aliphatic rings. The summed E-state index contributed by atoms with van der Waals surface area (Å²) in [4.78, 5) is 11.6. The summed E-state index contributed by atoms with van der Waals surface area (Å²) < 4.78 is 9.92. The first kappa shape index (κ1) is 11.2. The van der Waals surface area contributed by atoms with Crippen molar-refractivity contribution in [1.29, 1.82) is 0 Å². The number of carbonyl (C=O) groups is 1. The van der Waals surface area contributed by atoms with Gasteiger partial charge in [-0.3, -0.25) is 0 Å². The summed E-state index contributed by atoms with van der Waals surface area (Å²) in [6.45, 7) is 1.83. The first-order chi connectivity index (χ1) is 8.15. The third kappa shape index (κ3) is 2.84. The van der Waals surface area contributed by atoms with E-state index in [-0.39, 0.29) is 12.4 Å². The second-order valence-electron chi connectivity index (χ2n) is 3.56. The van der Waals surface area contributed by atoms with Crippen LogP contribution in [-0.4, -0.2) is 16.2 Å². The highest BCUT2D eigenvalue weighted by molar-refractivity contribution is 5.89. The van der Waals surface area contributed by atoms with Crippen LogP contribution in [0, 0.1) is 6.92 Å². The van der Waals surface area contributed by atoms with E-state index in [1.54, 1.807) is 13.0 Å². The molecule has 0 aliphatic carbocycles. The summed E-state index contributed by atoms with van der Waals surface area (Å²) >= 11 is 0. The van der Waals surface area contributed by atoms with Gasteiger partial charge in [0.05, 0.1) is 11.3 Å². The number of aryl methyl sites for hydroxylation is 1. The third-order valence-corrected chi connectivity index (χ3v) is 2.13. The molecule has 0 saturated carbocycles. The van der Waals surface area contributed by atoms with Gasteiger partial charge in [-0.05, 0) is 31.2 Å². The normalized spacial score (nSPS) is 10.2. The predicted molar refractivity (Wildman–Crippen MR) is 58.5 cm³/mol. The molecule has 5 heteroatoms. The highest BCUT2D eigenvalue weighted by Gasteiger charge is 2.09.